The maximum absolute atomic E-state index is 12.4. The third-order valence-corrected chi connectivity index (χ3v) is 3.12. The summed E-state index contributed by atoms with van der Waals surface area (Å²) in [6.45, 7) is 5.55. The highest BCUT2D eigenvalue weighted by molar-refractivity contribution is 6.02. The van der Waals surface area contributed by atoms with E-state index in [-0.39, 0.29) is 5.78 Å². The first-order chi connectivity index (χ1) is 9.88. The predicted molar refractivity (Wildman–Crippen MR) is 78.7 cm³/mol. The molecule has 21 heavy (non-hydrogen) atoms. The second kappa shape index (κ2) is 5.55. The molecule has 0 unspecified atom stereocenters. The van der Waals surface area contributed by atoms with Crippen molar-refractivity contribution in [2.45, 2.75) is 20.8 Å². The largest absolute Gasteiger partial charge is 0.493 e. The number of nitrogens with zero attached hydrogens (tertiary/aromatic N) is 2. The van der Waals surface area contributed by atoms with Gasteiger partial charge in [0.25, 0.3) is 0 Å². The van der Waals surface area contributed by atoms with Crippen LogP contribution in [0.2, 0.25) is 0 Å². The summed E-state index contributed by atoms with van der Waals surface area (Å²) in [4.78, 5) is 12.4. The Balaban J connectivity index is 2.49. The zero-order valence-electron chi connectivity index (χ0n) is 12.9. The first-order valence-corrected chi connectivity index (χ1v) is 6.56. The smallest absolute Gasteiger partial charge is 0.190 e. The Morgan fingerprint density at radius 1 is 1.14 bits per heavy atom. The highest BCUT2D eigenvalue weighted by Gasteiger charge is 2.28. The van der Waals surface area contributed by atoms with Crippen LogP contribution in [0.3, 0.4) is 0 Å². The summed E-state index contributed by atoms with van der Waals surface area (Å²) in [7, 11) is 3.14. The van der Waals surface area contributed by atoms with Crippen molar-refractivity contribution in [3.8, 4) is 22.8 Å². The molecule has 0 aliphatic carbocycles. The summed E-state index contributed by atoms with van der Waals surface area (Å²) in [6, 6.07) is 5.39. The number of methoxy groups -OCH3 is 2. The topological polar surface area (TPSA) is 77.1 Å². The van der Waals surface area contributed by atoms with Crippen molar-refractivity contribution in [2.24, 2.45) is 5.41 Å². The molecule has 0 radical (unpaired) electrons. The van der Waals surface area contributed by atoms with Gasteiger partial charge in [0.1, 0.15) is 0 Å². The third-order valence-electron chi connectivity index (χ3n) is 3.12. The number of nitrogens with one attached hydrogen (secondary N) is 1. The van der Waals surface area contributed by atoms with Gasteiger partial charge in [-0.05, 0) is 18.2 Å². The number of benzene rings is 1. The maximum Gasteiger partial charge on any atom is 0.190 e. The molecular weight excluding hydrogens is 270 g/mol. The van der Waals surface area contributed by atoms with E-state index in [0.29, 0.717) is 22.9 Å². The van der Waals surface area contributed by atoms with Gasteiger partial charge in [0, 0.05) is 11.0 Å². The minimum absolute atomic E-state index is 0.0685. The molecule has 0 amide bonds. The standard InChI is InChI=1S/C15H19N3O3/c1-15(2,3)14(19)13-12(16-18-17-13)9-6-7-10(20-4)11(8-9)21-5/h6-8H,1-5H3,(H,16,17,18). The lowest BCUT2D eigenvalue weighted by Gasteiger charge is -2.15. The first kappa shape index (κ1) is 15.0. The molecule has 0 aliphatic heterocycles. The van der Waals surface area contributed by atoms with Crippen LogP contribution >= 0.6 is 0 Å². The number of H-pyrrole nitrogens is 1. The number of Topliss-reactive ketones (excluding diaryl/α,β-unsaturated/α-hetero) is 1. The molecule has 0 bridgehead atoms. The molecule has 6 nitrogen and oxygen atoms in total. The number of carbonyl (C=O) groups is 1. The van der Waals surface area contributed by atoms with Gasteiger partial charge in [-0.2, -0.15) is 0 Å². The van der Waals surface area contributed by atoms with Crippen molar-refractivity contribution in [3.05, 3.63) is 23.9 Å². The summed E-state index contributed by atoms with van der Waals surface area (Å²) in [6.07, 6.45) is 0. The average molecular weight is 289 g/mol. The number of ether oxygens (including phenoxy) is 2. The van der Waals surface area contributed by atoms with Gasteiger partial charge in [-0.1, -0.05) is 26.0 Å². The van der Waals surface area contributed by atoms with Crippen LogP contribution in [-0.2, 0) is 0 Å². The molecule has 1 aromatic carbocycles. The van der Waals surface area contributed by atoms with E-state index in [1.54, 1.807) is 26.4 Å². The number of carbonyl (C=O) groups excluding carboxylic acids is 1. The van der Waals surface area contributed by atoms with E-state index in [1.807, 2.05) is 26.8 Å². The van der Waals surface area contributed by atoms with E-state index in [2.05, 4.69) is 15.4 Å². The molecule has 1 aromatic heterocycles. The van der Waals surface area contributed by atoms with Crippen molar-refractivity contribution < 1.29 is 14.3 Å². The maximum atomic E-state index is 12.4. The van der Waals surface area contributed by atoms with E-state index >= 15 is 0 Å². The highest BCUT2D eigenvalue weighted by Crippen LogP contribution is 2.33. The van der Waals surface area contributed by atoms with E-state index in [9.17, 15) is 4.79 Å². The van der Waals surface area contributed by atoms with E-state index < -0.39 is 5.41 Å². The van der Waals surface area contributed by atoms with Gasteiger partial charge in [-0.15, -0.1) is 5.10 Å². The number of hydrogen-bond donors (Lipinski definition) is 1. The fourth-order valence-electron chi connectivity index (χ4n) is 1.94. The molecule has 0 fully saturated rings. The van der Waals surface area contributed by atoms with E-state index in [0.717, 1.165) is 5.56 Å². The normalized spacial score (nSPS) is 11.3. The van der Waals surface area contributed by atoms with Crippen LogP contribution < -0.4 is 9.47 Å². The number of aromatic amines is 1. The Kier molecular flexibility index (Phi) is 3.97. The summed E-state index contributed by atoms with van der Waals surface area (Å²) in [5.74, 6) is 1.14. The molecule has 0 atom stereocenters. The number of rotatable bonds is 4. The van der Waals surface area contributed by atoms with Crippen LogP contribution in [0, 0.1) is 5.41 Å². The molecule has 0 saturated carbocycles. The fraction of sp³-hybridized carbons (Fsp3) is 0.400. The molecule has 2 aromatic rings. The number of ketones is 1. The summed E-state index contributed by atoms with van der Waals surface area (Å²) < 4.78 is 10.5. The van der Waals surface area contributed by atoms with E-state index in [4.69, 9.17) is 9.47 Å². The summed E-state index contributed by atoms with van der Waals surface area (Å²) >= 11 is 0. The number of aromatic nitrogens is 3. The summed E-state index contributed by atoms with van der Waals surface area (Å²) in [5.41, 5.74) is 1.15. The van der Waals surface area contributed by atoms with Crippen molar-refractivity contribution in [2.75, 3.05) is 14.2 Å². The Bertz CT molecular complexity index is 656. The summed E-state index contributed by atoms with van der Waals surface area (Å²) in [5, 5.41) is 10.5. The monoisotopic (exact) mass is 289 g/mol. The van der Waals surface area contributed by atoms with Gasteiger partial charge in [-0.3, -0.25) is 9.89 Å². The van der Waals surface area contributed by atoms with Crippen LogP contribution in [0.1, 0.15) is 31.3 Å². The lowest BCUT2D eigenvalue weighted by molar-refractivity contribution is 0.0853. The first-order valence-electron chi connectivity index (χ1n) is 6.56. The van der Waals surface area contributed by atoms with Gasteiger partial charge in [-0.25, -0.2) is 0 Å². The number of hydrogen-bond acceptors (Lipinski definition) is 5. The van der Waals surface area contributed by atoms with Crippen LogP contribution in [0.4, 0.5) is 0 Å². The minimum atomic E-state index is -0.526. The third kappa shape index (κ3) is 2.89. The van der Waals surface area contributed by atoms with Crippen LogP contribution in [0.5, 0.6) is 11.5 Å². The quantitative estimate of drug-likeness (QED) is 0.876. The molecular formula is C15H19N3O3. The van der Waals surface area contributed by atoms with Crippen LogP contribution in [-0.4, -0.2) is 35.4 Å². The Morgan fingerprint density at radius 3 is 2.38 bits per heavy atom. The molecule has 2 rings (SSSR count). The molecule has 0 saturated heterocycles. The lowest BCUT2D eigenvalue weighted by Crippen LogP contribution is -2.21. The molecule has 112 valence electrons. The van der Waals surface area contributed by atoms with Crippen LogP contribution in [0.25, 0.3) is 11.3 Å². The Labute approximate surface area is 123 Å². The van der Waals surface area contributed by atoms with Crippen LogP contribution in [0.15, 0.2) is 18.2 Å². The lowest BCUT2D eigenvalue weighted by atomic mass is 9.87. The Morgan fingerprint density at radius 2 is 1.81 bits per heavy atom. The molecule has 1 heterocycles. The fourth-order valence-corrected chi connectivity index (χ4v) is 1.94. The minimum Gasteiger partial charge on any atom is -0.493 e. The van der Waals surface area contributed by atoms with Crippen molar-refractivity contribution in [1.29, 1.82) is 0 Å². The average Bonchev–Trinajstić information content (AvgIpc) is 2.93. The van der Waals surface area contributed by atoms with Gasteiger partial charge in [0.05, 0.1) is 19.9 Å². The molecule has 6 heteroatoms. The SMILES string of the molecule is COc1ccc(-c2[nH]nnc2C(=O)C(C)(C)C)cc1OC. The highest BCUT2D eigenvalue weighted by atomic mass is 16.5. The zero-order valence-corrected chi connectivity index (χ0v) is 12.9. The molecule has 0 aliphatic rings. The van der Waals surface area contributed by atoms with Gasteiger partial charge < -0.3 is 9.47 Å². The van der Waals surface area contributed by atoms with Crippen molar-refractivity contribution >= 4 is 5.78 Å². The van der Waals surface area contributed by atoms with Crippen molar-refractivity contribution in [1.82, 2.24) is 15.4 Å². The van der Waals surface area contributed by atoms with Gasteiger partial charge >= 0.3 is 0 Å². The zero-order chi connectivity index (χ0) is 15.6. The molecule has 1 N–H and O–H groups in total. The molecule has 0 spiro atoms. The van der Waals surface area contributed by atoms with E-state index in [1.165, 1.54) is 0 Å². The second-order valence-corrected chi connectivity index (χ2v) is 5.68. The predicted octanol–water partition coefficient (Wildman–Crippen LogP) is 2.72. The van der Waals surface area contributed by atoms with Gasteiger partial charge in [0.2, 0.25) is 0 Å². The van der Waals surface area contributed by atoms with Gasteiger partial charge in [0.15, 0.2) is 23.0 Å². The second-order valence-electron chi connectivity index (χ2n) is 5.68. The van der Waals surface area contributed by atoms with Crippen molar-refractivity contribution in [3.63, 3.8) is 0 Å². The Hall–Kier alpha value is -2.37.